The number of H-pyrrole nitrogens is 1. The number of fused-ring (bicyclic) bond motifs is 2. The van der Waals surface area contributed by atoms with Crippen molar-refractivity contribution >= 4 is 27.5 Å². The van der Waals surface area contributed by atoms with Crippen LogP contribution >= 0.6 is 11.3 Å². The number of benzene rings is 2. The van der Waals surface area contributed by atoms with Crippen molar-refractivity contribution in [1.29, 1.82) is 0 Å². The van der Waals surface area contributed by atoms with Crippen molar-refractivity contribution < 1.29 is 9.90 Å². The molecule has 3 aromatic rings. The molecule has 0 radical (unpaired) electrons. The van der Waals surface area contributed by atoms with Crippen LogP contribution in [-0.2, 0) is 30.5 Å². The standard InChI is InChI=1S/C31H42N4O3S/c36-27-13-12-24(30-29(27)34-31(38)39-30)15-18-33-20-21-35(25-9-2-3-10-25)28(37)16-19-32-17-14-23-8-5-7-22-6-1-4-11-26(22)23/h5,7-8,12-13,25,32-33,36H,1-4,6,9-11,14-21H2,(H,34,38). The number of phenolic OH excluding ortho intramolecular Hbond substituents is 1. The van der Waals surface area contributed by atoms with E-state index in [0.717, 1.165) is 80.0 Å². The average Bonchev–Trinajstić information content (AvgIpc) is 3.62. The lowest BCUT2D eigenvalue weighted by Crippen LogP contribution is -2.44. The second-order valence-electron chi connectivity index (χ2n) is 11.0. The molecule has 39 heavy (non-hydrogen) atoms. The number of thiazole rings is 1. The van der Waals surface area contributed by atoms with Crippen LogP contribution in [0.3, 0.4) is 0 Å². The minimum Gasteiger partial charge on any atom is -0.506 e. The number of nitrogens with one attached hydrogen (secondary N) is 3. The van der Waals surface area contributed by atoms with Crippen molar-refractivity contribution in [3.8, 4) is 5.75 Å². The summed E-state index contributed by atoms with van der Waals surface area (Å²) in [6.07, 6.45) is 12.0. The molecule has 5 rings (SSSR count). The van der Waals surface area contributed by atoms with Gasteiger partial charge in [-0.2, -0.15) is 0 Å². The fourth-order valence-electron chi connectivity index (χ4n) is 6.33. The first-order valence-corrected chi connectivity index (χ1v) is 15.6. The molecule has 0 saturated heterocycles. The van der Waals surface area contributed by atoms with E-state index >= 15 is 0 Å². The fourth-order valence-corrected chi connectivity index (χ4v) is 7.22. The number of phenols is 1. The summed E-state index contributed by atoms with van der Waals surface area (Å²) in [4.78, 5) is 29.7. The molecular formula is C31H42N4O3S. The zero-order valence-corrected chi connectivity index (χ0v) is 23.7. The van der Waals surface area contributed by atoms with Gasteiger partial charge in [-0.1, -0.05) is 48.4 Å². The molecule has 2 aromatic carbocycles. The summed E-state index contributed by atoms with van der Waals surface area (Å²) in [7, 11) is 0. The van der Waals surface area contributed by atoms with Gasteiger partial charge in [-0.05, 0) is 92.8 Å². The van der Waals surface area contributed by atoms with Crippen LogP contribution in [0.2, 0.25) is 0 Å². The van der Waals surface area contributed by atoms with E-state index in [4.69, 9.17) is 0 Å². The van der Waals surface area contributed by atoms with Crippen molar-refractivity contribution in [2.24, 2.45) is 0 Å². The number of aromatic nitrogens is 1. The molecule has 0 aliphatic heterocycles. The van der Waals surface area contributed by atoms with Gasteiger partial charge in [0.1, 0.15) is 11.3 Å². The van der Waals surface area contributed by atoms with Gasteiger partial charge in [0.2, 0.25) is 5.91 Å². The smallest absolute Gasteiger partial charge is 0.305 e. The zero-order valence-electron chi connectivity index (χ0n) is 22.9. The lowest BCUT2D eigenvalue weighted by Gasteiger charge is -2.29. The number of aromatic amines is 1. The van der Waals surface area contributed by atoms with E-state index in [9.17, 15) is 14.7 Å². The Labute approximate surface area is 235 Å². The number of aromatic hydroxyl groups is 1. The number of nitrogens with zero attached hydrogens (tertiary/aromatic N) is 1. The van der Waals surface area contributed by atoms with Gasteiger partial charge in [0, 0.05) is 32.1 Å². The second kappa shape index (κ2) is 13.6. The van der Waals surface area contributed by atoms with Gasteiger partial charge in [0.05, 0.1) is 4.70 Å². The lowest BCUT2D eigenvalue weighted by atomic mass is 9.87. The van der Waals surface area contributed by atoms with Crippen LogP contribution in [0.25, 0.3) is 10.2 Å². The van der Waals surface area contributed by atoms with Crippen LogP contribution in [0.5, 0.6) is 5.75 Å². The van der Waals surface area contributed by atoms with E-state index in [2.05, 4.69) is 38.7 Å². The first-order valence-electron chi connectivity index (χ1n) is 14.7. The Kier molecular flexibility index (Phi) is 9.71. The monoisotopic (exact) mass is 550 g/mol. The van der Waals surface area contributed by atoms with Crippen molar-refractivity contribution in [3.63, 3.8) is 0 Å². The highest BCUT2D eigenvalue weighted by atomic mass is 32.1. The predicted molar refractivity (Wildman–Crippen MR) is 159 cm³/mol. The summed E-state index contributed by atoms with van der Waals surface area (Å²) >= 11 is 1.14. The van der Waals surface area contributed by atoms with Crippen LogP contribution in [0.1, 0.15) is 67.2 Å². The first kappa shape index (κ1) is 27.9. The summed E-state index contributed by atoms with van der Waals surface area (Å²) in [5.41, 5.74) is 6.15. The Balaban J connectivity index is 1.05. The van der Waals surface area contributed by atoms with E-state index in [1.165, 1.54) is 49.7 Å². The second-order valence-corrected chi connectivity index (χ2v) is 12.0. The molecule has 7 nitrogen and oxygen atoms in total. The van der Waals surface area contributed by atoms with Crippen LogP contribution in [0.15, 0.2) is 35.1 Å². The van der Waals surface area contributed by atoms with E-state index in [1.54, 1.807) is 11.6 Å². The molecule has 1 amide bonds. The maximum atomic E-state index is 13.2. The Morgan fingerprint density at radius 1 is 0.949 bits per heavy atom. The molecule has 2 aliphatic rings. The van der Waals surface area contributed by atoms with Crippen molar-refractivity contribution in [2.45, 2.75) is 76.7 Å². The average molecular weight is 551 g/mol. The number of hydrogen-bond donors (Lipinski definition) is 4. The summed E-state index contributed by atoms with van der Waals surface area (Å²) in [6, 6.07) is 10.7. The number of aryl methyl sites for hydroxylation is 1. The highest BCUT2D eigenvalue weighted by Crippen LogP contribution is 2.28. The first-order chi connectivity index (χ1) is 19.1. The van der Waals surface area contributed by atoms with Crippen LogP contribution in [0.4, 0.5) is 0 Å². The number of carbonyl (C=O) groups is 1. The van der Waals surface area contributed by atoms with E-state index in [-0.39, 0.29) is 16.5 Å². The molecule has 0 bridgehead atoms. The predicted octanol–water partition coefficient (Wildman–Crippen LogP) is 4.30. The van der Waals surface area contributed by atoms with Gasteiger partial charge in [-0.15, -0.1) is 0 Å². The maximum Gasteiger partial charge on any atom is 0.305 e. The number of carbonyl (C=O) groups excluding carboxylic acids is 1. The molecule has 0 atom stereocenters. The molecule has 2 aliphatic carbocycles. The summed E-state index contributed by atoms with van der Waals surface area (Å²) < 4.78 is 0.823. The Morgan fingerprint density at radius 3 is 2.56 bits per heavy atom. The molecule has 1 heterocycles. The largest absolute Gasteiger partial charge is 0.506 e. The Bertz CT molecular complexity index is 1310. The molecule has 210 valence electrons. The van der Waals surface area contributed by atoms with E-state index < -0.39 is 0 Å². The minimum atomic E-state index is -0.153. The molecule has 8 heteroatoms. The maximum absolute atomic E-state index is 13.2. The number of amides is 1. The SMILES string of the molecule is O=C(CCNCCc1cccc2c1CCCC2)N(CCNCCc1ccc(O)c2[nH]c(=O)sc12)C1CCCC1. The summed E-state index contributed by atoms with van der Waals surface area (Å²) in [5, 5.41) is 17.0. The highest BCUT2D eigenvalue weighted by Gasteiger charge is 2.26. The van der Waals surface area contributed by atoms with Crippen molar-refractivity contribution in [1.82, 2.24) is 20.5 Å². The number of rotatable bonds is 13. The van der Waals surface area contributed by atoms with Gasteiger partial charge < -0.3 is 25.6 Å². The lowest BCUT2D eigenvalue weighted by molar-refractivity contribution is -0.133. The Morgan fingerprint density at radius 2 is 1.72 bits per heavy atom. The van der Waals surface area contributed by atoms with Gasteiger partial charge in [0.15, 0.2) is 0 Å². The van der Waals surface area contributed by atoms with Crippen molar-refractivity contribution in [2.75, 3.05) is 32.7 Å². The van der Waals surface area contributed by atoms with Gasteiger partial charge in [-0.3, -0.25) is 9.59 Å². The fraction of sp³-hybridized carbons (Fsp3) is 0.548. The summed E-state index contributed by atoms with van der Waals surface area (Å²) in [6.45, 7) is 3.86. The molecule has 1 aromatic heterocycles. The molecular weight excluding hydrogens is 508 g/mol. The third-order valence-electron chi connectivity index (χ3n) is 8.41. The van der Waals surface area contributed by atoms with E-state index in [1.807, 2.05) is 6.07 Å². The van der Waals surface area contributed by atoms with Crippen molar-refractivity contribution in [3.05, 3.63) is 62.3 Å². The molecule has 1 saturated carbocycles. The van der Waals surface area contributed by atoms with Crippen LogP contribution in [-0.4, -0.2) is 59.7 Å². The van der Waals surface area contributed by atoms with Gasteiger partial charge >= 0.3 is 4.87 Å². The van der Waals surface area contributed by atoms with Crippen LogP contribution < -0.4 is 15.5 Å². The minimum absolute atomic E-state index is 0.110. The van der Waals surface area contributed by atoms with Crippen LogP contribution in [0, 0.1) is 0 Å². The Hall–Kier alpha value is -2.68. The third-order valence-corrected chi connectivity index (χ3v) is 9.36. The third kappa shape index (κ3) is 7.10. The quantitative estimate of drug-likeness (QED) is 0.238. The highest BCUT2D eigenvalue weighted by molar-refractivity contribution is 7.16. The van der Waals surface area contributed by atoms with Gasteiger partial charge in [0.25, 0.3) is 0 Å². The van der Waals surface area contributed by atoms with E-state index in [0.29, 0.717) is 18.0 Å². The summed E-state index contributed by atoms with van der Waals surface area (Å²) in [5.74, 6) is 0.366. The topological polar surface area (TPSA) is 97.5 Å². The molecule has 0 spiro atoms. The molecule has 4 N–H and O–H groups in total. The normalized spacial score (nSPS) is 15.6. The number of hydrogen-bond acceptors (Lipinski definition) is 6. The molecule has 0 unspecified atom stereocenters. The molecule has 1 fully saturated rings. The zero-order chi connectivity index (χ0) is 27.0. The van der Waals surface area contributed by atoms with Gasteiger partial charge in [-0.25, -0.2) is 0 Å².